The summed E-state index contributed by atoms with van der Waals surface area (Å²) in [5.41, 5.74) is -0.0346. The molecule has 0 aliphatic carbocycles. The lowest BCUT2D eigenvalue weighted by Crippen LogP contribution is -2.13. The number of hydrogen-bond acceptors (Lipinski definition) is 5. The first-order chi connectivity index (χ1) is 10.1. The molecule has 2 heterocycles. The fraction of sp³-hybridized carbons (Fsp3) is 0.308. The van der Waals surface area contributed by atoms with Crippen molar-refractivity contribution in [3.05, 3.63) is 41.3 Å². The van der Waals surface area contributed by atoms with E-state index in [1.54, 1.807) is 0 Å². The van der Waals surface area contributed by atoms with Gasteiger partial charge in [0.15, 0.2) is 11.6 Å². The van der Waals surface area contributed by atoms with E-state index < -0.39 is 17.5 Å². The van der Waals surface area contributed by atoms with E-state index in [2.05, 4.69) is 20.8 Å². The van der Waals surface area contributed by atoms with Crippen molar-refractivity contribution >= 4 is 11.9 Å². The van der Waals surface area contributed by atoms with Crippen LogP contribution in [-0.4, -0.2) is 22.6 Å². The molecule has 8 heteroatoms. The summed E-state index contributed by atoms with van der Waals surface area (Å²) in [5, 5.41) is 13.1. The summed E-state index contributed by atoms with van der Waals surface area (Å²) in [5.74, 6) is -2.36. The van der Waals surface area contributed by atoms with Crippen LogP contribution in [0, 0.1) is 11.6 Å². The number of rotatable bonds is 3. The third-order valence-corrected chi connectivity index (χ3v) is 3.20. The van der Waals surface area contributed by atoms with E-state index in [9.17, 15) is 13.6 Å². The van der Waals surface area contributed by atoms with Crippen molar-refractivity contribution in [1.29, 1.82) is 0 Å². The average molecular weight is 294 g/mol. The molecule has 1 aromatic carbocycles. The lowest BCUT2D eigenvalue weighted by molar-refractivity contribution is 0.102. The van der Waals surface area contributed by atoms with Crippen molar-refractivity contribution in [2.24, 2.45) is 0 Å². The second kappa shape index (κ2) is 5.57. The summed E-state index contributed by atoms with van der Waals surface area (Å²) < 4.78 is 31.2. The number of nitrogens with one attached hydrogen (secondary N) is 2. The number of anilines is 1. The van der Waals surface area contributed by atoms with Gasteiger partial charge >= 0.3 is 6.01 Å². The zero-order valence-corrected chi connectivity index (χ0v) is 10.9. The predicted octanol–water partition coefficient (Wildman–Crippen LogP) is 2.02. The first-order valence-electron chi connectivity index (χ1n) is 6.46. The normalized spacial score (nSPS) is 17.9. The van der Waals surface area contributed by atoms with Gasteiger partial charge in [0.2, 0.25) is 5.89 Å². The molecule has 1 fully saturated rings. The van der Waals surface area contributed by atoms with Gasteiger partial charge in [-0.25, -0.2) is 8.78 Å². The van der Waals surface area contributed by atoms with Crippen molar-refractivity contribution in [1.82, 2.24) is 15.5 Å². The maximum atomic E-state index is 13.1. The number of hydrogen-bond donors (Lipinski definition) is 2. The maximum Gasteiger partial charge on any atom is 0.322 e. The third kappa shape index (κ3) is 2.89. The largest absolute Gasteiger partial charge is 0.406 e. The number of benzene rings is 1. The van der Waals surface area contributed by atoms with Gasteiger partial charge in [0.1, 0.15) is 0 Å². The molecule has 1 atom stereocenters. The number of carbonyl (C=O) groups excluding carboxylic acids is 1. The zero-order chi connectivity index (χ0) is 14.8. The molecule has 2 N–H and O–H groups in total. The molecule has 6 nitrogen and oxygen atoms in total. The Kier molecular flexibility index (Phi) is 3.61. The number of halogens is 2. The maximum absolute atomic E-state index is 13.1. The van der Waals surface area contributed by atoms with E-state index in [1.807, 2.05) is 0 Å². The highest BCUT2D eigenvalue weighted by molar-refractivity contribution is 6.03. The van der Waals surface area contributed by atoms with Gasteiger partial charge in [0, 0.05) is 5.56 Å². The van der Waals surface area contributed by atoms with Crippen LogP contribution < -0.4 is 10.6 Å². The molecule has 21 heavy (non-hydrogen) atoms. The summed E-state index contributed by atoms with van der Waals surface area (Å²) in [4.78, 5) is 11.9. The Morgan fingerprint density at radius 1 is 1.33 bits per heavy atom. The number of aromatic nitrogens is 2. The Morgan fingerprint density at radius 2 is 2.19 bits per heavy atom. The Labute approximate surface area is 118 Å². The van der Waals surface area contributed by atoms with Crippen molar-refractivity contribution in [2.75, 3.05) is 11.9 Å². The van der Waals surface area contributed by atoms with Crippen molar-refractivity contribution in [2.45, 2.75) is 18.9 Å². The molecule has 1 aliphatic heterocycles. The van der Waals surface area contributed by atoms with Gasteiger partial charge in [-0.2, -0.15) is 0 Å². The minimum atomic E-state index is -1.09. The van der Waals surface area contributed by atoms with Crippen LogP contribution in [0.3, 0.4) is 0 Å². The van der Waals surface area contributed by atoms with Crippen molar-refractivity contribution in [3.63, 3.8) is 0 Å². The summed E-state index contributed by atoms with van der Waals surface area (Å²) in [6, 6.07) is 2.77. The van der Waals surface area contributed by atoms with Crippen LogP contribution in [0.5, 0.6) is 0 Å². The molecule has 0 bridgehead atoms. The number of amides is 1. The Morgan fingerprint density at radius 3 is 2.90 bits per heavy atom. The van der Waals surface area contributed by atoms with Gasteiger partial charge in [0.05, 0.1) is 6.04 Å². The second-order valence-electron chi connectivity index (χ2n) is 4.68. The standard InChI is InChI=1S/C13H12F2N4O2/c14-8-4-3-7(6-9(8)15)11(20)17-13-19-18-12(21-13)10-2-1-5-16-10/h3-4,6,10,16H,1-2,5H2,(H,17,19,20). The first kappa shape index (κ1) is 13.6. The Hall–Kier alpha value is -2.35. The van der Waals surface area contributed by atoms with Crippen LogP contribution in [0.25, 0.3) is 0 Å². The van der Waals surface area contributed by atoms with Gasteiger partial charge in [-0.15, -0.1) is 5.10 Å². The van der Waals surface area contributed by atoms with Crippen LogP contribution in [-0.2, 0) is 0 Å². The summed E-state index contributed by atoms with van der Waals surface area (Å²) in [6.07, 6.45) is 1.91. The molecule has 0 saturated carbocycles. The molecule has 0 radical (unpaired) electrons. The second-order valence-corrected chi connectivity index (χ2v) is 4.68. The van der Waals surface area contributed by atoms with E-state index in [-0.39, 0.29) is 17.6 Å². The fourth-order valence-corrected chi connectivity index (χ4v) is 2.13. The molecule has 0 spiro atoms. The monoisotopic (exact) mass is 294 g/mol. The topological polar surface area (TPSA) is 80.0 Å². The van der Waals surface area contributed by atoms with Crippen LogP contribution in [0.4, 0.5) is 14.8 Å². The van der Waals surface area contributed by atoms with Gasteiger partial charge in [-0.3, -0.25) is 10.1 Å². The van der Waals surface area contributed by atoms with Crippen LogP contribution in [0.1, 0.15) is 35.1 Å². The van der Waals surface area contributed by atoms with E-state index in [4.69, 9.17) is 4.42 Å². The summed E-state index contributed by atoms with van der Waals surface area (Å²) in [6.45, 7) is 0.879. The summed E-state index contributed by atoms with van der Waals surface area (Å²) >= 11 is 0. The Bertz CT molecular complexity index is 668. The van der Waals surface area contributed by atoms with Crippen LogP contribution in [0.15, 0.2) is 22.6 Å². The lowest BCUT2D eigenvalue weighted by Gasteiger charge is -2.03. The highest BCUT2D eigenvalue weighted by Crippen LogP contribution is 2.23. The highest BCUT2D eigenvalue weighted by Gasteiger charge is 2.22. The molecule has 1 amide bonds. The fourth-order valence-electron chi connectivity index (χ4n) is 2.13. The minimum Gasteiger partial charge on any atom is -0.406 e. The molecular weight excluding hydrogens is 282 g/mol. The van der Waals surface area contributed by atoms with Gasteiger partial charge in [0.25, 0.3) is 5.91 Å². The van der Waals surface area contributed by atoms with E-state index in [1.165, 1.54) is 6.07 Å². The van der Waals surface area contributed by atoms with Gasteiger partial charge in [-0.05, 0) is 37.6 Å². The molecule has 1 aliphatic rings. The van der Waals surface area contributed by atoms with Crippen molar-refractivity contribution in [3.8, 4) is 0 Å². The van der Waals surface area contributed by atoms with E-state index in [0.29, 0.717) is 5.89 Å². The average Bonchev–Trinajstić information content (AvgIpc) is 3.12. The van der Waals surface area contributed by atoms with E-state index >= 15 is 0 Å². The minimum absolute atomic E-state index is 0.00795. The van der Waals surface area contributed by atoms with Crippen LogP contribution in [0.2, 0.25) is 0 Å². The molecular formula is C13H12F2N4O2. The predicted molar refractivity (Wildman–Crippen MR) is 68.6 cm³/mol. The molecule has 1 aromatic heterocycles. The van der Waals surface area contributed by atoms with Crippen molar-refractivity contribution < 1.29 is 18.0 Å². The van der Waals surface area contributed by atoms with E-state index in [0.717, 1.165) is 31.5 Å². The number of nitrogens with zero attached hydrogens (tertiary/aromatic N) is 2. The third-order valence-electron chi connectivity index (χ3n) is 3.20. The quantitative estimate of drug-likeness (QED) is 0.905. The van der Waals surface area contributed by atoms with Gasteiger partial charge < -0.3 is 9.73 Å². The summed E-state index contributed by atoms with van der Waals surface area (Å²) in [7, 11) is 0. The SMILES string of the molecule is O=C(Nc1nnc(C2CCCN2)o1)c1ccc(F)c(F)c1. The highest BCUT2D eigenvalue weighted by atomic mass is 19.2. The lowest BCUT2D eigenvalue weighted by atomic mass is 10.2. The molecule has 1 unspecified atom stereocenters. The van der Waals surface area contributed by atoms with Crippen LogP contribution >= 0.6 is 0 Å². The smallest absolute Gasteiger partial charge is 0.322 e. The van der Waals surface area contributed by atoms with Gasteiger partial charge in [-0.1, -0.05) is 5.10 Å². The molecule has 3 rings (SSSR count). The Balaban J connectivity index is 1.70. The molecule has 1 saturated heterocycles. The molecule has 2 aromatic rings. The number of carbonyl (C=O) groups is 1. The first-order valence-corrected chi connectivity index (χ1v) is 6.46. The zero-order valence-electron chi connectivity index (χ0n) is 10.9. The molecule has 110 valence electrons.